The molecule has 0 spiro atoms. The third-order valence-electron chi connectivity index (χ3n) is 4.23. The van der Waals surface area contributed by atoms with Gasteiger partial charge in [0.2, 0.25) is 0 Å². The minimum Gasteiger partial charge on any atom is -0.481 e. The van der Waals surface area contributed by atoms with Gasteiger partial charge in [0.1, 0.15) is 11.9 Å². The van der Waals surface area contributed by atoms with E-state index < -0.39 is 5.97 Å². The van der Waals surface area contributed by atoms with Crippen molar-refractivity contribution in [3.63, 3.8) is 0 Å². The predicted molar refractivity (Wildman–Crippen MR) is 68.7 cm³/mol. The quantitative estimate of drug-likeness (QED) is 0.872. The summed E-state index contributed by atoms with van der Waals surface area (Å²) in [4.78, 5) is 17.8. The average molecular weight is 257 g/mol. The molecule has 0 amide bonds. The van der Waals surface area contributed by atoms with Gasteiger partial charge in [-0.05, 0) is 38.3 Å². The first-order chi connectivity index (χ1) is 9.11. The smallest absolute Gasteiger partial charge is 0.308 e. The number of fused-ring (bicyclic) bond motifs is 2. The summed E-state index contributed by atoms with van der Waals surface area (Å²) >= 11 is 0. The number of anilines is 1. The van der Waals surface area contributed by atoms with Gasteiger partial charge in [-0.2, -0.15) is 5.26 Å². The van der Waals surface area contributed by atoms with Crippen molar-refractivity contribution >= 4 is 11.8 Å². The van der Waals surface area contributed by atoms with Crippen molar-refractivity contribution in [3.05, 3.63) is 23.4 Å². The van der Waals surface area contributed by atoms with Gasteiger partial charge in [0.25, 0.3) is 0 Å². The van der Waals surface area contributed by atoms with Crippen molar-refractivity contribution in [3.8, 4) is 6.07 Å². The Morgan fingerprint density at radius 2 is 2.32 bits per heavy atom. The number of hydrogen-bond acceptors (Lipinski definition) is 4. The van der Waals surface area contributed by atoms with Crippen LogP contribution in [0.4, 0.5) is 5.82 Å². The highest BCUT2D eigenvalue weighted by molar-refractivity contribution is 5.74. The van der Waals surface area contributed by atoms with Gasteiger partial charge in [-0.15, -0.1) is 0 Å². The monoisotopic (exact) mass is 257 g/mol. The lowest BCUT2D eigenvalue weighted by Crippen LogP contribution is -2.34. The van der Waals surface area contributed by atoms with E-state index in [4.69, 9.17) is 0 Å². The molecule has 2 bridgehead atoms. The molecule has 0 radical (unpaired) electrons. The van der Waals surface area contributed by atoms with E-state index in [9.17, 15) is 15.2 Å². The van der Waals surface area contributed by atoms with E-state index in [0.29, 0.717) is 17.8 Å². The summed E-state index contributed by atoms with van der Waals surface area (Å²) in [5.41, 5.74) is 1.39. The van der Waals surface area contributed by atoms with E-state index in [0.717, 1.165) is 18.5 Å². The minimum absolute atomic E-state index is 0.0103. The third-order valence-corrected chi connectivity index (χ3v) is 4.23. The van der Waals surface area contributed by atoms with E-state index in [1.54, 1.807) is 6.07 Å². The number of hydrogen-bond donors (Lipinski definition) is 1. The number of carboxylic acid groups (broad SMARTS) is 1. The second-order valence-corrected chi connectivity index (χ2v) is 5.32. The Bertz CT molecular complexity index is 579. The molecule has 2 saturated heterocycles. The normalized spacial score (nSPS) is 28.4. The Balaban J connectivity index is 2.02. The maximum atomic E-state index is 11.3. The first-order valence-electron chi connectivity index (χ1n) is 6.50. The fraction of sp³-hybridized carbons (Fsp3) is 0.500. The number of carbonyl (C=O) groups is 1. The first kappa shape index (κ1) is 12.0. The van der Waals surface area contributed by atoms with Crippen LogP contribution in [0.1, 0.15) is 30.5 Å². The molecule has 2 aliphatic rings. The van der Waals surface area contributed by atoms with E-state index in [1.165, 1.54) is 0 Å². The van der Waals surface area contributed by atoms with Crippen LogP contribution in [0.25, 0.3) is 0 Å². The molecule has 3 rings (SSSR count). The highest BCUT2D eigenvalue weighted by Gasteiger charge is 2.50. The van der Waals surface area contributed by atoms with E-state index in [1.807, 2.05) is 13.0 Å². The summed E-state index contributed by atoms with van der Waals surface area (Å²) in [6.45, 7) is 1.89. The van der Waals surface area contributed by atoms with Gasteiger partial charge >= 0.3 is 5.97 Å². The van der Waals surface area contributed by atoms with Crippen molar-refractivity contribution in [1.82, 2.24) is 4.98 Å². The predicted octanol–water partition coefficient (Wildman–Crippen LogP) is 1.70. The maximum absolute atomic E-state index is 11.3. The van der Waals surface area contributed by atoms with Crippen LogP contribution in [0, 0.1) is 24.2 Å². The van der Waals surface area contributed by atoms with Crippen LogP contribution in [-0.2, 0) is 4.79 Å². The lowest BCUT2D eigenvalue weighted by Gasteiger charge is -2.25. The van der Waals surface area contributed by atoms with Crippen LogP contribution >= 0.6 is 0 Å². The van der Waals surface area contributed by atoms with Crippen LogP contribution in [0.5, 0.6) is 0 Å². The number of aromatic nitrogens is 1. The third kappa shape index (κ3) is 1.75. The van der Waals surface area contributed by atoms with Gasteiger partial charge < -0.3 is 10.0 Å². The molecule has 3 atom stereocenters. The maximum Gasteiger partial charge on any atom is 0.308 e. The molecule has 3 heterocycles. The van der Waals surface area contributed by atoms with Gasteiger partial charge in [0.05, 0.1) is 11.5 Å². The summed E-state index contributed by atoms with van der Waals surface area (Å²) in [6.07, 6.45) is 2.54. The molecule has 1 aromatic heterocycles. The van der Waals surface area contributed by atoms with Crippen LogP contribution in [0.15, 0.2) is 12.1 Å². The van der Waals surface area contributed by atoms with Crippen LogP contribution < -0.4 is 4.90 Å². The molecule has 1 aromatic rings. The molecule has 2 fully saturated rings. The lowest BCUT2D eigenvalue weighted by molar-refractivity contribution is -0.142. The molecule has 98 valence electrons. The zero-order chi connectivity index (χ0) is 13.6. The molecule has 2 aliphatic heterocycles. The van der Waals surface area contributed by atoms with Gasteiger partial charge in [-0.1, -0.05) is 0 Å². The van der Waals surface area contributed by atoms with E-state index in [-0.39, 0.29) is 18.0 Å². The average Bonchev–Trinajstić information content (AvgIpc) is 2.95. The fourth-order valence-corrected chi connectivity index (χ4v) is 3.41. The summed E-state index contributed by atoms with van der Waals surface area (Å²) in [5, 5.41) is 18.5. The van der Waals surface area contributed by atoms with Crippen molar-refractivity contribution in [2.24, 2.45) is 5.92 Å². The molecular weight excluding hydrogens is 242 g/mol. The Hall–Kier alpha value is -2.09. The highest BCUT2D eigenvalue weighted by atomic mass is 16.4. The number of pyridine rings is 1. The van der Waals surface area contributed by atoms with Crippen molar-refractivity contribution in [1.29, 1.82) is 5.26 Å². The van der Waals surface area contributed by atoms with Crippen LogP contribution in [-0.4, -0.2) is 28.1 Å². The molecule has 19 heavy (non-hydrogen) atoms. The molecule has 1 N–H and O–H groups in total. The Kier molecular flexibility index (Phi) is 2.67. The Morgan fingerprint density at radius 1 is 1.53 bits per heavy atom. The SMILES string of the molecule is Cc1ccc(C#N)c(N2C3CCC2C(C(=O)O)C3)n1. The molecule has 3 unspecified atom stereocenters. The summed E-state index contributed by atoms with van der Waals surface area (Å²) in [5.74, 6) is -0.394. The number of nitrogens with zero attached hydrogens (tertiary/aromatic N) is 3. The zero-order valence-electron chi connectivity index (χ0n) is 10.7. The molecular formula is C14H15N3O2. The van der Waals surface area contributed by atoms with Crippen molar-refractivity contribution in [2.45, 2.75) is 38.3 Å². The highest BCUT2D eigenvalue weighted by Crippen LogP contribution is 2.44. The molecule has 5 heteroatoms. The van der Waals surface area contributed by atoms with Gasteiger partial charge in [0.15, 0.2) is 0 Å². The van der Waals surface area contributed by atoms with Gasteiger partial charge in [-0.25, -0.2) is 4.98 Å². The van der Waals surface area contributed by atoms with E-state index >= 15 is 0 Å². The second-order valence-electron chi connectivity index (χ2n) is 5.32. The van der Waals surface area contributed by atoms with E-state index in [2.05, 4.69) is 16.0 Å². The number of nitriles is 1. The lowest BCUT2D eigenvalue weighted by atomic mass is 9.89. The topological polar surface area (TPSA) is 77.2 Å². The fourth-order valence-electron chi connectivity index (χ4n) is 3.41. The largest absolute Gasteiger partial charge is 0.481 e. The summed E-state index contributed by atoms with van der Waals surface area (Å²) < 4.78 is 0. The van der Waals surface area contributed by atoms with Crippen molar-refractivity contribution < 1.29 is 9.90 Å². The number of rotatable bonds is 2. The molecule has 0 aromatic carbocycles. The number of aryl methyl sites for hydroxylation is 1. The summed E-state index contributed by atoms with van der Waals surface area (Å²) in [7, 11) is 0. The standard InChI is InChI=1S/C14H15N3O2/c1-8-2-3-9(7-15)13(16-8)17-10-4-5-12(17)11(6-10)14(18)19/h2-3,10-12H,4-6H2,1H3,(H,18,19). The Labute approximate surface area is 111 Å². The number of carboxylic acids is 1. The summed E-state index contributed by atoms with van der Waals surface area (Å²) in [6, 6.07) is 5.95. The van der Waals surface area contributed by atoms with Crippen LogP contribution in [0.2, 0.25) is 0 Å². The molecule has 0 aliphatic carbocycles. The Morgan fingerprint density at radius 3 is 2.95 bits per heavy atom. The molecule has 0 saturated carbocycles. The van der Waals surface area contributed by atoms with Gasteiger partial charge in [-0.3, -0.25) is 4.79 Å². The number of aliphatic carboxylic acids is 1. The first-order valence-corrected chi connectivity index (χ1v) is 6.50. The van der Waals surface area contributed by atoms with Crippen molar-refractivity contribution in [2.75, 3.05) is 4.90 Å². The van der Waals surface area contributed by atoms with Gasteiger partial charge in [0, 0.05) is 17.8 Å². The molecule has 5 nitrogen and oxygen atoms in total. The zero-order valence-corrected chi connectivity index (χ0v) is 10.7. The minimum atomic E-state index is -0.733. The second kappa shape index (κ2) is 4.23. The van der Waals surface area contributed by atoms with Crippen LogP contribution in [0.3, 0.4) is 0 Å².